The van der Waals surface area contributed by atoms with Gasteiger partial charge in [-0.3, -0.25) is 0 Å². The molecule has 0 aliphatic carbocycles. The molecular formula is C12H13BrO3S. The minimum absolute atomic E-state index is 0.229. The molecule has 1 N–H and O–H groups in total. The molecule has 2 unspecified atom stereocenters. The van der Waals surface area contributed by atoms with E-state index in [1.54, 1.807) is 23.9 Å². The molecule has 2 atom stereocenters. The Hall–Kier alpha value is -0.520. The summed E-state index contributed by atoms with van der Waals surface area (Å²) in [5.74, 6) is -0.899. The maximum Gasteiger partial charge on any atom is 0.335 e. The number of hydrogen-bond donors (Lipinski definition) is 1. The van der Waals surface area contributed by atoms with Crippen LogP contribution in [0.2, 0.25) is 0 Å². The van der Waals surface area contributed by atoms with Gasteiger partial charge in [-0.2, -0.15) is 0 Å². The predicted octanol–water partition coefficient (Wildman–Crippen LogP) is 3.42. The maximum atomic E-state index is 11.0. The summed E-state index contributed by atoms with van der Waals surface area (Å²) in [5, 5.41) is 9.40. The maximum absolute atomic E-state index is 11.0. The zero-order chi connectivity index (χ0) is 12.4. The lowest BCUT2D eigenvalue weighted by atomic mass is 10.2. The third-order valence-electron chi connectivity index (χ3n) is 2.71. The summed E-state index contributed by atoms with van der Waals surface area (Å²) in [7, 11) is 0. The first kappa shape index (κ1) is 12.9. The second-order valence-electron chi connectivity index (χ2n) is 4.00. The van der Waals surface area contributed by atoms with Gasteiger partial charge >= 0.3 is 5.97 Å². The van der Waals surface area contributed by atoms with Gasteiger partial charge in [0, 0.05) is 21.2 Å². The van der Waals surface area contributed by atoms with E-state index in [1.165, 1.54) is 0 Å². The van der Waals surface area contributed by atoms with Crippen molar-refractivity contribution < 1.29 is 14.6 Å². The first-order valence-corrected chi connectivity index (χ1v) is 7.05. The summed E-state index contributed by atoms with van der Waals surface area (Å²) in [4.78, 5) is 11.9. The molecule has 0 bridgehead atoms. The average molecular weight is 317 g/mol. The number of halogens is 1. The minimum Gasteiger partial charge on any atom is -0.478 e. The van der Waals surface area contributed by atoms with Crippen molar-refractivity contribution in [1.29, 1.82) is 0 Å². The molecule has 92 valence electrons. The van der Waals surface area contributed by atoms with Gasteiger partial charge in [0.05, 0.1) is 11.7 Å². The molecule has 1 aromatic carbocycles. The van der Waals surface area contributed by atoms with Crippen LogP contribution >= 0.6 is 27.7 Å². The van der Waals surface area contributed by atoms with Crippen molar-refractivity contribution in [2.45, 2.75) is 29.6 Å². The van der Waals surface area contributed by atoms with Crippen LogP contribution in [-0.2, 0) is 4.74 Å². The Bertz CT molecular complexity index is 436. The number of benzene rings is 1. The zero-order valence-electron chi connectivity index (χ0n) is 9.35. The lowest BCUT2D eigenvalue weighted by molar-refractivity contribution is 0.0696. The fourth-order valence-corrected chi connectivity index (χ4v) is 3.66. The Morgan fingerprint density at radius 2 is 2.29 bits per heavy atom. The van der Waals surface area contributed by atoms with Crippen molar-refractivity contribution in [3.63, 3.8) is 0 Å². The van der Waals surface area contributed by atoms with Gasteiger partial charge in [-0.05, 0) is 31.5 Å². The van der Waals surface area contributed by atoms with Crippen molar-refractivity contribution in [1.82, 2.24) is 0 Å². The SMILES string of the molecule is CC1OCCC1Sc1cc(Br)cc(C(=O)O)c1. The molecule has 5 heteroatoms. The van der Waals surface area contributed by atoms with Crippen LogP contribution in [0.5, 0.6) is 0 Å². The van der Waals surface area contributed by atoms with Crippen LogP contribution in [0.4, 0.5) is 0 Å². The molecule has 1 saturated heterocycles. The molecule has 1 aliphatic heterocycles. The monoisotopic (exact) mass is 316 g/mol. The van der Waals surface area contributed by atoms with E-state index in [-0.39, 0.29) is 6.10 Å². The molecular weight excluding hydrogens is 304 g/mol. The van der Waals surface area contributed by atoms with Crippen molar-refractivity contribution in [3.05, 3.63) is 28.2 Å². The molecule has 0 radical (unpaired) electrons. The van der Waals surface area contributed by atoms with Gasteiger partial charge in [-0.1, -0.05) is 15.9 Å². The number of carboxylic acid groups (broad SMARTS) is 1. The van der Waals surface area contributed by atoms with E-state index >= 15 is 0 Å². The molecule has 0 aromatic heterocycles. The summed E-state index contributed by atoms with van der Waals surface area (Å²) < 4.78 is 6.29. The molecule has 1 aromatic rings. The number of thioether (sulfide) groups is 1. The van der Waals surface area contributed by atoms with Crippen LogP contribution in [0.25, 0.3) is 0 Å². The second-order valence-corrected chi connectivity index (χ2v) is 6.23. The third-order valence-corrected chi connectivity index (χ3v) is 4.60. The Morgan fingerprint density at radius 1 is 1.53 bits per heavy atom. The molecule has 1 heterocycles. The summed E-state index contributed by atoms with van der Waals surface area (Å²) >= 11 is 5.02. The van der Waals surface area contributed by atoms with Gasteiger partial charge in [0.1, 0.15) is 0 Å². The summed E-state index contributed by atoms with van der Waals surface area (Å²) in [6.07, 6.45) is 1.24. The highest BCUT2D eigenvalue weighted by atomic mass is 79.9. The third kappa shape index (κ3) is 3.24. The van der Waals surface area contributed by atoms with Gasteiger partial charge in [0.15, 0.2) is 0 Å². The fraction of sp³-hybridized carbons (Fsp3) is 0.417. The number of carbonyl (C=O) groups is 1. The number of ether oxygens (including phenoxy) is 1. The van der Waals surface area contributed by atoms with Crippen LogP contribution in [0, 0.1) is 0 Å². The molecule has 17 heavy (non-hydrogen) atoms. The average Bonchev–Trinajstić information content (AvgIpc) is 2.63. The van der Waals surface area contributed by atoms with Crippen molar-refractivity contribution in [2.24, 2.45) is 0 Å². The lowest BCUT2D eigenvalue weighted by Crippen LogP contribution is -2.13. The predicted molar refractivity (Wildman–Crippen MR) is 70.8 cm³/mol. The first-order valence-electron chi connectivity index (χ1n) is 5.38. The normalized spacial score (nSPS) is 23.9. The molecule has 3 nitrogen and oxygen atoms in total. The van der Waals surface area contributed by atoms with Gasteiger partial charge in [-0.25, -0.2) is 4.79 Å². The van der Waals surface area contributed by atoms with Crippen LogP contribution < -0.4 is 0 Å². The van der Waals surface area contributed by atoms with Crippen LogP contribution in [0.3, 0.4) is 0 Å². The van der Waals surface area contributed by atoms with Gasteiger partial charge in [0.2, 0.25) is 0 Å². The largest absolute Gasteiger partial charge is 0.478 e. The fourth-order valence-electron chi connectivity index (χ4n) is 1.80. The number of hydrogen-bond acceptors (Lipinski definition) is 3. The summed E-state index contributed by atoms with van der Waals surface area (Å²) in [6.45, 7) is 2.85. The highest BCUT2D eigenvalue weighted by molar-refractivity contribution is 9.10. The summed E-state index contributed by atoms with van der Waals surface area (Å²) in [6, 6.07) is 5.27. The van der Waals surface area contributed by atoms with Gasteiger partial charge < -0.3 is 9.84 Å². The Morgan fingerprint density at radius 3 is 2.88 bits per heavy atom. The van der Waals surface area contributed by atoms with E-state index in [0.29, 0.717) is 10.8 Å². The van der Waals surface area contributed by atoms with E-state index in [4.69, 9.17) is 9.84 Å². The number of rotatable bonds is 3. The highest BCUT2D eigenvalue weighted by Gasteiger charge is 2.25. The first-order chi connectivity index (χ1) is 8.06. The smallest absolute Gasteiger partial charge is 0.335 e. The zero-order valence-corrected chi connectivity index (χ0v) is 11.8. The summed E-state index contributed by atoms with van der Waals surface area (Å²) in [5.41, 5.74) is 0.313. The molecule has 1 fully saturated rings. The van der Waals surface area contributed by atoms with E-state index in [9.17, 15) is 4.79 Å². The topological polar surface area (TPSA) is 46.5 Å². The van der Waals surface area contributed by atoms with Crippen LogP contribution in [-0.4, -0.2) is 29.0 Å². The molecule has 1 aliphatic rings. The standard InChI is InChI=1S/C12H13BrO3S/c1-7-11(2-3-16-7)17-10-5-8(12(14)15)4-9(13)6-10/h4-7,11H,2-3H2,1H3,(H,14,15). The van der Waals surface area contributed by atoms with Crippen molar-refractivity contribution >= 4 is 33.7 Å². The second kappa shape index (κ2) is 5.42. The molecule has 0 amide bonds. The molecule has 2 rings (SSSR count). The van der Waals surface area contributed by atoms with Crippen LogP contribution in [0.15, 0.2) is 27.6 Å². The van der Waals surface area contributed by atoms with Gasteiger partial charge in [-0.15, -0.1) is 11.8 Å². The number of aromatic carboxylic acids is 1. The lowest BCUT2D eigenvalue weighted by Gasteiger charge is -2.14. The van der Waals surface area contributed by atoms with Gasteiger partial charge in [0.25, 0.3) is 0 Å². The molecule has 0 saturated carbocycles. The van der Waals surface area contributed by atoms with Crippen molar-refractivity contribution in [2.75, 3.05) is 6.61 Å². The minimum atomic E-state index is -0.899. The van der Waals surface area contributed by atoms with E-state index in [0.717, 1.165) is 22.4 Å². The highest BCUT2D eigenvalue weighted by Crippen LogP contribution is 2.34. The quantitative estimate of drug-likeness (QED) is 0.928. The Labute approximate surface area is 113 Å². The van der Waals surface area contributed by atoms with E-state index < -0.39 is 5.97 Å². The number of carboxylic acids is 1. The van der Waals surface area contributed by atoms with Crippen molar-refractivity contribution in [3.8, 4) is 0 Å². The van der Waals surface area contributed by atoms with E-state index in [1.807, 2.05) is 6.07 Å². The Kier molecular flexibility index (Phi) is 4.12. The molecule has 0 spiro atoms. The van der Waals surface area contributed by atoms with E-state index in [2.05, 4.69) is 22.9 Å². The Balaban J connectivity index is 2.17. The van der Waals surface area contributed by atoms with Crippen LogP contribution in [0.1, 0.15) is 23.7 Å².